The van der Waals surface area contributed by atoms with Gasteiger partial charge < -0.3 is 10.4 Å². The van der Waals surface area contributed by atoms with E-state index < -0.39 is 16.4 Å². The molecular weight excluding hydrogens is 262 g/mol. The smallest absolute Gasteiger partial charge is 0.228 e. The first kappa shape index (κ1) is 17.7. The normalized spacial score (nSPS) is 30.7. The molecule has 0 saturated carbocycles. The summed E-state index contributed by atoms with van der Waals surface area (Å²) in [6.07, 6.45) is 12.5. The molecule has 0 aromatic heterocycles. The molecular formula is C18H29NO2. The molecule has 3 nitrogen and oxygen atoms in total. The van der Waals surface area contributed by atoms with E-state index in [9.17, 15) is 9.90 Å². The van der Waals surface area contributed by atoms with Crippen LogP contribution in [0.15, 0.2) is 37.0 Å². The third-order valence-corrected chi connectivity index (χ3v) is 5.17. The van der Waals surface area contributed by atoms with Gasteiger partial charge in [0, 0.05) is 12.5 Å². The topological polar surface area (TPSA) is 49.3 Å². The van der Waals surface area contributed by atoms with Gasteiger partial charge in [0.05, 0.1) is 5.41 Å². The van der Waals surface area contributed by atoms with Crippen LogP contribution in [0, 0.1) is 10.8 Å². The molecule has 118 valence electrons. The number of aliphatic hydroxyl groups is 1. The molecule has 1 aliphatic rings. The van der Waals surface area contributed by atoms with Crippen LogP contribution < -0.4 is 5.32 Å². The van der Waals surface area contributed by atoms with Gasteiger partial charge in [-0.25, -0.2) is 0 Å². The number of carbonyl (C=O) groups is 1. The Balaban J connectivity index is 3.28. The first-order valence-corrected chi connectivity index (χ1v) is 7.74. The number of amides is 1. The number of allylic oxidation sites excluding steroid dienone is 3. The van der Waals surface area contributed by atoms with Crippen LogP contribution >= 0.6 is 0 Å². The molecule has 0 bridgehead atoms. The molecule has 1 rings (SSSR count). The molecule has 0 aromatic rings. The Bertz CT molecular complexity index is 454. The number of carbonyl (C=O) groups excluding carboxylic acids is 1. The van der Waals surface area contributed by atoms with Crippen molar-refractivity contribution in [2.24, 2.45) is 10.8 Å². The molecule has 0 saturated heterocycles. The predicted octanol–water partition coefficient (Wildman–Crippen LogP) is 3.37. The second-order valence-corrected chi connectivity index (χ2v) is 6.35. The maximum Gasteiger partial charge on any atom is 0.228 e. The number of hydrogen-bond donors (Lipinski definition) is 2. The Morgan fingerprint density at radius 3 is 2.57 bits per heavy atom. The fourth-order valence-corrected chi connectivity index (χ4v) is 3.33. The molecule has 0 aromatic carbocycles. The van der Waals surface area contributed by atoms with Crippen molar-refractivity contribution < 1.29 is 9.90 Å². The van der Waals surface area contributed by atoms with Crippen molar-refractivity contribution in [3.8, 4) is 0 Å². The van der Waals surface area contributed by atoms with Crippen molar-refractivity contribution in [3.05, 3.63) is 37.0 Å². The summed E-state index contributed by atoms with van der Waals surface area (Å²) in [6, 6.07) is 0. The second-order valence-electron chi connectivity index (χ2n) is 6.35. The molecule has 0 radical (unpaired) electrons. The fourth-order valence-electron chi connectivity index (χ4n) is 3.33. The SMILES string of the molecule is C=CCCC[C@](C)(C(=O)NC)C1(O)C=CC=CC1(C)CC. The van der Waals surface area contributed by atoms with Crippen LogP contribution in [0.2, 0.25) is 0 Å². The average Bonchev–Trinajstić information content (AvgIpc) is 2.49. The van der Waals surface area contributed by atoms with E-state index in [-0.39, 0.29) is 5.91 Å². The van der Waals surface area contributed by atoms with E-state index in [4.69, 9.17) is 0 Å². The molecule has 0 fully saturated rings. The minimum atomic E-state index is -1.20. The molecule has 3 heteroatoms. The van der Waals surface area contributed by atoms with Crippen LogP contribution in [0.1, 0.15) is 46.5 Å². The van der Waals surface area contributed by atoms with Crippen LogP contribution in [0.4, 0.5) is 0 Å². The van der Waals surface area contributed by atoms with E-state index in [2.05, 4.69) is 11.9 Å². The van der Waals surface area contributed by atoms with Gasteiger partial charge in [-0.1, -0.05) is 44.2 Å². The van der Waals surface area contributed by atoms with E-state index in [0.29, 0.717) is 6.42 Å². The molecule has 2 N–H and O–H groups in total. The van der Waals surface area contributed by atoms with E-state index in [1.807, 2.05) is 45.1 Å². The van der Waals surface area contributed by atoms with Crippen LogP contribution in [0.25, 0.3) is 0 Å². The first-order valence-electron chi connectivity index (χ1n) is 7.74. The summed E-state index contributed by atoms with van der Waals surface area (Å²) >= 11 is 0. The number of hydrogen-bond acceptors (Lipinski definition) is 2. The van der Waals surface area contributed by atoms with Crippen molar-refractivity contribution in [2.45, 2.75) is 52.1 Å². The summed E-state index contributed by atoms with van der Waals surface area (Å²) in [6.45, 7) is 9.66. The minimum absolute atomic E-state index is 0.117. The zero-order valence-corrected chi connectivity index (χ0v) is 13.8. The monoisotopic (exact) mass is 291 g/mol. The van der Waals surface area contributed by atoms with Gasteiger partial charge in [-0.15, -0.1) is 6.58 Å². The van der Waals surface area contributed by atoms with Gasteiger partial charge in [0.25, 0.3) is 0 Å². The van der Waals surface area contributed by atoms with Gasteiger partial charge in [0.2, 0.25) is 5.91 Å². The molecule has 0 spiro atoms. The third kappa shape index (κ3) is 2.84. The van der Waals surface area contributed by atoms with Crippen molar-refractivity contribution in [3.63, 3.8) is 0 Å². The zero-order valence-electron chi connectivity index (χ0n) is 13.8. The fraction of sp³-hybridized carbons (Fsp3) is 0.611. The summed E-state index contributed by atoms with van der Waals surface area (Å²) in [7, 11) is 1.63. The Morgan fingerprint density at radius 2 is 2.05 bits per heavy atom. The molecule has 1 amide bonds. The van der Waals surface area contributed by atoms with Crippen LogP contribution in [-0.4, -0.2) is 23.7 Å². The highest BCUT2D eigenvalue weighted by atomic mass is 16.3. The highest BCUT2D eigenvalue weighted by molar-refractivity contribution is 5.84. The number of rotatable bonds is 7. The molecule has 21 heavy (non-hydrogen) atoms. The zero-order chi connectivity index (χ0) is 16.1. The van der Waals surface area contributed by atoms with Gasteiger partial charge in [-0.2, -0.15) is 0 Å². The largest absolute Gasteiger partial charge is 0.384 e. The lowest BCUT2D eigenvalue weighted by Crippen LogP contribution is -2.61. The summed E-state index contributed by atoms with van der Waals surface area (Å²) in [5, 5.41) is 14.2. The predicted molar refractivity (Wildman–Crippen MR) is 87.8 cm³/mol. The van der Waals surface area contributed by atoms with Crippen LogP contribution in [-0.2, 0) is 4.79 Å². The quantitative estimate of drug-likeness (QED) is 0.558. The standard InChI is InChI=1S/C18H29NO2/c1-6-8-9-13-17(4,15(20)19-5)18(21)14-11-10-12-16(18,3)7-2/h6,10-12,14,21H,1,7-9,13H2,2-5H3,(H,19,20)/t16?,17-,18?/m1/s1. The molecule has 3 atom stereocenters. The molecule has 0 aliphatic heterocycles. The highest BCUT2D eigenvalue weighted by Gasteiger charge is 2.58. The molecule has 0 heterocycles. The maximum atomic E-state index is 12.6. The van der Waals surface area contributed by atoms with Gasteiger partial charge in [0.15, 0.2) is 0 Å². The molecule has 2 unspecified atom stereocenters. The van der Waals surface area contributed by atoms with E-state index in [1.165, 1.54) is 0 Å². The first-order chi connectivity index (χ1) is 9.81. The van der Waals surface area contributed by atoms with E-state index in [0.717, 1.165) is 19.3 Å². The van der Waals surface area contributed by atoms with E-state index in [1.54, 1.807) is 13.1 Å². The Labute approximate surface area is 128 Å². The lowest BCUT2D eigenvalue weighted by atomic mass is 9.55. The van der Waals surface area contributed by atoms with Gasteiger partial charge >= 0.3 is 0 Å². The highest BCUT2D eigenvalue weighted by Crippen LogP contribution is 2.52. The number of nitrogens with one attached hydrogen (secondary N) is 1. The van der Waals surface area contributed by atoms with Crippen molar-refractivity contribution in [1.29, 1.82) is 0 Å². The van der Waals surface area contributed by atoms with Crippen molar-refractivity contribution in [1.82, 2.24) is 5.32 Å². The van der Waals surface area contributed by atoms with Gasteiger partial charge in [-0.05, 0) is 32.6 Å². The van der Waals surface area contributed by atoms with E-state index >= 15 is 0 Å². The lowest BCUT2D eigenvalue weighted by Gasteiger charge is -2.52. The van der Waals surface area contributed by atoms with Crippen molar-refractivity contribution >= 4 is 5.91 Å². The van der Waals surface area contributed by atoms with Gasteiger partial charge in [0.1, 0.15) is 5.60 Å². The van der Waals surface area contributed by atoms with Crippen molar-refractivity contribution in [2.75, 3.05) is 7.05 Å². The Hall–Kier alpha value is -1.35. The number of unbranched alkanes of at least 4 members (excludes halogenated alkanes) is 1. The molecule has 1 aliphatic carbocycles. The minimum Gasteiger partial charge on any atom is -0.384 e. The maximum absolute atomic E-state index is 12.6. The second kappa shape index (κ2) is 6.61. The van der Waals surface area contributed by atoms with Crippen LogP contribution in [0.3, 0.4) is 0 Å². The Morgan fingerprint density at radius 1 is 1.43 bits per heavy atom. The van der Waals surface area contributed by atoms with Gasteiger partial charge in [-0.3, -0.25) is 4.79 Å². The average molecular weight is 291 g/mol. The summed E-state index contributed by atoms with van der Waals surface area (Å²) in [5.41, 5.74) is -2.54. The lowest BCUT2D eigenvalue weighted by molar-refractivity contribution is -0.157. The summed E-state index contributed by atoms with van der Waals surface area (Å²) < 4.78 is 0. The summed E-state index contributed by atoms with van der Waals surface area (Å²) in [5.74, 6) is -0.117. The summed E-state index contributed by atoms with van der Waals surface area (Å²) in [4.78, 5) is 12.6. The third-order valence-electron chi connectivity index (χ3n) is 5.17. The van der Waals surface area contributed by atoms with Crippen LogP contribution in [0.5, 0.6) is 0 Å². The Kier molecular flexibility index (Phi) is 5.57.